The van der Waals surface area contributed by atoms with Crippen LogP contribution in [0.5, 0.6) is 11.5 Å². The second-order valence-corrected chi connectivity index (χ2v) is 10.1. The quantitative estimate of drug-likeness (QED) is 0.577. The molecular weight excluding hydrogens is 402 g/mol. The normalized spacial score (nSPS) is 17.0. The van der Waals surface area contributed by atoms with Gasteiger partial charge in [0.1, 0.15) is 0 Å². The van der Waals surface area contributed by atoms with Crippen molar-refractivity contribution >= 4 is 5.91 Å². The summed E-state index contributed by atoms with van der Waals surface area (Å²) in [7, 11) is 3.31. The minimum Gasteiger partial charge on any atom is -0.493 e. The summed E-state index contributed by atoms with van der Waals surface area (Å²) < 4.78 is 12.8. The summed E-state index contributed by atoms with van der Waals surface area (Å²) in [4.78, 5) is 15.6. The van der Waals surface area contributed by atoms with E-state index in [0.717, 1.165) is 55.8 Å². The largest absolute Gasteiger partial charge is 0.493 e. The van der Waals surface area contributed by atoms with Crippen LogP contribution in [0.3, 0.4) is 0 Å². The van der Waals surface area contributed by atoms with Crippen molar-refractivity contribution < 1.29 is 14.3 Å². The Balaban J connectivity index is 1.77. The maximum Gasteiger partial charge on any atom is 0.274 e. The highest BCUT2D eigenvalue weighted by Gasteiger charge is 2.31. The fraction of sp³-hybridized carbons (Fsp3) is 0.615. The maximum atomic E-state index is 13.5. The van der Waals surface area contributed by atoms with Gasteiger partial charge in [-0.3, -0.25) is 9.48 Å². The fourth-order valence-electron chi connectivity index (χ4n) is 4.53. The Labute approximate surface area is 192 Å². The van der Waals surface area contributed by atoms with Crippen molar-refractivity contribution in [3.63, 3.8) is 0 Å². The van der Waals surface area contributed by atoms with E-state index in [-0.39, 0.29) is 17.5 Å². The molecule has 0 spiro atoms. The van der Waals surface area contributed by atoms with E-state index in [1.54, 1.807) is 14.2 Å². The first kappa shape index (κ1) is 24.1. The van der Waals surface area contributed by atoms with Crippen molar-refractivity contribution in [1.29, 1.82) is 0 Å². The molecule has 1 fully saturated rings. The first-order valence-electron chi connectivity index (χ1n) is 11.8. The van der Waals surface area contributed by atoms with Crippen molar-refractivity contribution in [2.45, 2.75) is 84.2 Å². The van der Waals surface area contributed by atoms with Gasteiger partial charge in [0.25, 0.3) is 5.91 Å². The van der Waals surface area contributed by atoms with Crippen LogP contribution in [0, 0.1) is 0 Å². The molecule has 1 saturated heterocycles. The van der Waals surface area contributed by atoms with E-state index in [0.29, 0.717) is 11.6 Å². The zero-order valence-electron chi connectivity index (χ0n) is 20.8. The molecule has 0 saturated carbocycles. The van der Waals surface area contributed by atoms with Crippen LogP contribution in [-0.2, 0) is 12.0 Å². The Hall–Kier alpha value is -2.50. The lowest BCUT2D eigenvalue weighted by molar-refractivity contribution is 0.0594. The van der Waals surface area contributed by atoms with E-state index in [4.69, 9.17) is 14.6 Å². The van der Waals surface area contributed by atoms with Crippen molar-refractivity contribution in [3.8, 4) is 11.5 Å². The summed E-state index contributed by atoms with van der Waals surface area (Å²) in [6.07, 6.45) is 5.07. The molecule has 1 aliphatic rings. The zero-order valence-corrected chi connectivity index (χ0v) is 20.8. The summed E-state index contributed by atoms with van der Waals surface area (Å²) in [5.41, 5.74) is 2.72. The van der Waals surface area contributed by atoms with Gasteiger partial charge in [-0.15, -0.1) is 0 Å². The second-order valence-electron chi connectivity index (χ2n) is 10.1. The lowest BCUT2D eigenvalue weighted by Crippen LogP contribution is -2.44. The van der Waals surface area contributed by atoms with Gasteiger partial charge in [0.2, 0.25) is 0 Å². The molecule has 1 aromatic carbocycles. The number of benzene rings is 1. The van der Waals surface area contributed by atoms with Crippen LogP contribution < -0.4 is 9.47 Å². The van der Waals surface area contributed by atoms with Crippen LogP contribution in [-0.4, -0.2) is 47.4 Å². The van der Waals surface area contributed by atoms with Crippen molar-refractivity contribution in [3.05, 3.63) is 41.2 Å². The van der Waals surface area contributed by atoms with Crippen LogP contribution in [0.25, 0.3) is 0 Å². The standard InChI is InChI=1S/C26H39N3O3/c1-18(2)22-17-21(27-29(22)26(3,4)5)25(30)28-15-9-8-10-20(28)13-11-19-12-14-23(31-6)24(16-19)32-7/h12,14,16-18,20H,8-11,13,15H2,1-7H3. The number of methoxy groups -OCH3 is 2. The SMILES string of the molecule is COc1ccc(CCC2CCCCN2C(=O)c2cc(C(C)C)n(C(C)(C)C)n2)cc1OC. The van der Waals surface area contributed by atoms with Gasteiger partial charge in [0.15, 0.2) is 17.2 Å². The highest BCUT2D eigenvalue weighted by atomic mass is 16.5. The minimum atomic E-state index is -0.160. The predicted molar refractivity (Wildman–Crippen MR) is 128 cm³/mol. The van der Waals surface area contributed by atoms with Crippen molar-refractivity contribution in [2.24, 2.45) is 0 Å². The average Bonchev–Trinajstić information content (AvgIpc) is 3.24. The molecule has 1 unspecified atom stereocenters. The first-order chi connectivity index (χ1) is 15.2. The Bertz CT molecular complexity index is 927. The number of ether oxygens (including phenoxy) is 2. The lowest BCUT2D eigenvalue weighted by Gasteiger charge is -2.35. The molecule has 1 aliphatic heterocycles. The van der Waals surface area contributed by atoms with Gasteiger partial charge >= 0.3 is 0 Å². The third-order valence-electron chi connectivity index (χ3n) is 6.29. The van der Waals surface area contributed by atoms with Crippen molar-refractivity contribution in [1.82, 2.24) is 14.7 Å². The summed E-state index contributed by atoms with van der Waals surface area (Å²) in [6.45, 7) is 11.5. The van der Waals surface area contributed by atoms with Gasteiger partial charge in [-0.2, -0.15) is 5.10 Å². The predicted octanol–water partition coefficient (Wildman–Crippen LogP) is 5.41. The molecular formula is C26H39N3O3. The number of amides is 1. The van der Waals surface area contributed by atoms with E-state index in [2.05, 4.69) is 45.6 Å². The fourth-order valence-corrected chi connectivity index (χ4v) is 4.53. The highest BCUT2D eigenvalue weighted by molar-refractivity contribution is 5.92. The van der Waals surface area contributed by atoms with E-state index in [1.807, 2.05) is 22.9 Å². The molecule has 1 amide bonds. The maximum absolute atomic E-state index is 13.5. The minimum absolute atomic E-state index is 0.0620. The van der Waals surface area contributed by atoms with Gasteiger partial charge < -0.3 is 14.4 Å². The number of carbonyl (C=O) groups is 1. The molecule has 3 rings (SSSR count). The monoisotopic (exact) mass is 441 g/mol. The van der Waals surface area contributed by atoms with E-state index in [9.17, 15) is 4.79 Å². The van der Waals surface area contributed by atoms with Gasteiger partial charge in [0, 0.05) is 18.3 Å². The van der Waals surface area contributed by atoms with Crippen LogP contribution in [0.2, 0.25) is 0 Å². The van der Waals surface area contributed by atoms with Crippen molar-refractivity contribution in [2.75, 3.05) is 20.8 Å². The molecule has 0 N–H and O–H groups in total. The van der Waals surface area contributed by atoms with E-state index >= 15 is 0 Å². The number of carbonyl (C=O) groups excluding carboxylic acids is 1. The van der Waals surface area contributed by atoms with Gasteiger partial charge in [-0.05, 0) is 82.6 Å². The summed E-state index contributed by atoms with van der Waals surface area (Å²) >= 11 is 0. The van der Waals surface area contributed by atoms with Crippen LogP contribution in [0.15, 0.2) is 24.3 Å². The molecule has 2 heterocycles. The molecule has 32 heavy (non-hydrogen) atoms. The average molecular weight is 442 g/mol. The zero-order chi connectivity index (χ0) is 23.5. The molecule has 1 atom stereocenters. The van der Waals surface area contributed by atoms with Crippen LogP contribution in [0.4, 0.5) is 0 Å². The Kier molecular flexibility index (Phi) is 7.52. The Morgan fingerprint density at radius 1 is 1.12 bits per heavy atom. The van der Waals surface area contributed by atoms with E-state index < -0.39 is 0 Å². The smallest absolute Gasteiger partial charge is 0.274 e. The summed E-state index contributed by atoms with van der Waals surface area (Å²) in [5, 5.41) is 4.77. The Morgan fingerprint density at radius 3 is 2.44 bits per heavy atom. The number of likely N-dealkylation sites (tertiary alicyclic amines) is 1. The number of aromatic nitrogens is 2. The topological polar surface area (TPSA) is 56.6 Å². The molecule has 0 bridgehead atoms. The number of aryl methyl sites for hydroxylation is 1. The van der Waals surface area contributed by atoms with Crippen LogP contribution in [0.1, 0.15) is 88.0 Å². The molecule has 6 heteroatoms. The third-order valence-corrected chi connectivity index (χ3v) is 6.29. The number of hydrogen-bond donors (Lipinski definition) is 0. The third kappa shape index (κ3) is 5.28. The second kappa shape index (κ2) is 9.97. The first-order valence-corrected chi connectivity index (χ1v) is 11.8. The van der Waals surface area contributed by atoms with Gasteiger partial charge in [-0.25, -0.2) is 0 Å². The Morgan fingerprint density at radius 2 is 1.84 bits per heavy atom. The molecule has 176 valence electrons. The summed E-state index contributed by atoms with van der Waals surface area (Å²) in [6, 6.07) is 8.29. The van der Waals surface area contributed by atoms with Gasteiger partial charge in [0.05, 0.1) is 19.8 Å². The number of rotatable bonds is 7. The number of nitrogens with zero attached hydrogens (tertiary/aromatic N) is 3. The van der Waals surface area contributed by atoms with Gasteiger partial charge in [-0.1, -0.05) is 19.9 Å². The number of hydrogen-bond acceptors (Lipinski definition) is 4. The molecule has 6 nitrogen and oxygen atoms in total. The molecule has 1 aromatic heterocycles. The lowest BCUT2D eigenvalue weighted by atomic mass is 9.95. The number of piperidine rings is 1. The van der Waals surface area contributed by atoms with Crippen LogP contribution >= 0.6 is 0 Å². The summed E-state index contributed by atoms with van der Waals surface area (Å²) in [5.74, 6) is 1.86. The molecule has 0 radical (unpaired) electrons. The van der Waals surface area contributed by atoms with E-state index in [1.165, 1.54) is 5.56 Å². The highest BCUT2D eigenvalue weighted by Crippen LogP contribution is 2.30. The molecule has 2 aromatic rings. The molecule has 0 aliphatic carbocycles.